The van der Waals surface area contributed by atoms with Crippen molar-refractivity contribution in [2.45, 2.75) is 6.42 Å². The van der Waals surface area contributed by atoms with Gasteiger partial charge in [0.15, 0.2) is 11.5 Å². The molecular formula is C16H13ClN2O5. The lowest BCUT2D eigenvalue weighted by atomic mass is 10.1. The average molecular weight is 349 g/mol. The number of ether oxygens (including phenoxy) is 2. The molecule has 124 valence electrons. The molecule has 8 heteroatoms. The van der Waals surface area contributed by atoms with Crippen molar-refractivity contribution in [3.8, 4) is 11.5 Å². The van der Waals surface area contributed by atoms with Gasteiger partial charge < -0.3 is 14.8 Å². The van der Waals surface area contributed by atoms with Crippen molar-refractivity contribution >= 4 is 23.2 Å². The number of nitrogens with zero attached hydrogens (tertiary/aromatic N) is 1. The molecule has 0 aromatic heterocycles. The van der Waals surface area contributed by atoms with Crippen molar-refractivity contribution in [1.29, 1.82) is 0 Å². The van der Waals surface area contributed by atoms with E-state index >= 15 is 0 Å². The van der Waals surface area contributed by atoms with Crippen molar-refractivity contribution in [2.24, 2.45) is 0 Å². The SMILES string of the molecule is O=C(NCCc1ccc2c(c1)OCO2)c1ccc([N+](=O)[O-])cc1Cl. The van der Waals surface area contributed by atoms with E-state index in [9.17, 15) is 14.9 Å². The summed E-state index contributed by atoms with van der Waals surface area (Å²) in [5.41, 5.74) is 1.04. The molecule has 0 aliphatic carbocycles. The van der Waals surface area contributed by atoms with Crippen molar-refractivity contribution in [3.63, 3.8) is 0 Å². The van der Waals surface area contributed by atoms with Crippen LogP contribution in [0.4, 0.5) is 5.69 Å². The van der Waals surface area contributed by atoms with Gasteiger partial charge in [-0.25, -0.2) is 0 Å². The molecule has 0 bridgehead atoms. The number of benzene rings is 2. The van der Waals surface area contributed by atoms with Crippen LogP contribution in [-0.2, 0) is 6.42 Å². The summed E-state index contributed by atoms with van der Waals surface area (Å²) in [6, 6.07) is 9.35. The molecule has 0 saturated heterocycles. The van der Waals surface area contributed by atoms with Crippen LogP contribution in [0.1, 0.15) is 15.9 Å². The molecular weight excluding hydrogens is 336 g/mol. The molecule has 0 atom stereocenters. The largest absolute Gasteiger partial charge is 0.454 e. The summed E-state index contributed by atoms with van der Waals surface area (Å²) in [6.07, 6.45) is 0.604. The van der Waals surface area contributed by atoms with Gasteiger partial charge in [0.1, 0.15) is 0 Å². The van der Waals surface area contributed by atoms with E-state index in [1.54, 1.807) is 0 Å². The molecule has 1 heterocycles. The first-order chi connectivity index (χ1) is 11.5. The standard InChI is InChI=1S/C16H13ClN2O5/c17-13-8-11(19(21)22)2-3-12(13)16(20)18-6-5-10-1-4-14-15(7-10)24-9-23-14/h1-4,7-8H,5-6,9H2,(H,18,20). The van der Waals surface area contributed by atoms with Crippen LogP contribution >= 0.6 is 11.6 Å². The van der Waals surface area contributed by atoms with Gasteiger partial charge in [-0.3, -0.25) is 14.9 Å². The smallest absolute Gasteiger partial charge is 0.270 e. The average Bonchev–Trinajstić information content (AvgIpc) is 3.02. The zero-order chi connectivity index (χ0) is 17.1. The van der Waals surface area contributed by atoms with Crippen LogP contribution in [0.15, 0.2) is 36.4 Å². The molecule has 0 unspecified atom stereocenters. The Labute approximate surface area is 142 Å². The van der Waals surface area contributed by atoms with Gasteiger partial charge in [0.25, 0.3) is 11.6 Å². The number of halogens is 1. The third-order valence-corrected chi connectivity index (χ3v) is 3.86. The van der Waals surface area contributed by atoms with Crippen LogP contribution in [0, 0.1) is 10.1 Å². The predicted molar refractivity (Wildman–Crippen MR) is 86.7 cm³/mol. The van der Waals surface area contributed by atoms with E-state index in [-0.39, 0.29) is 29.0 Å². The van der Waals surface area contributed by atoms with Gasteiger partial charge >= 0.3 is 0 Å². The second-order valence-electron chi connectivity index (χ2n) is 5.11. The van der Waals surface area contributed by atoms with Gasteiger partial charge in [0.2, 0.25) is 6.79 Å². The maximum absolute atomic E-state index is 12.1. The molecule has 1 aliphatic heterocycles. The Morgan fingerprint density at radius 1 is 1.21 bits per heavy atom. The van der Waals surface area contributed by atoms with Crippen LogP contribution in [0.25, 0.3) is 0 Å². The second-order valence-corrected chi connectivity index (χ2v) is 5.52. The van der Waals surface area contributed by atoms with E-state index in [1.807, 2.05) is 18.2 Å². The first-order valence-electron chi connectivity index (χ1n) is 7.15. The first kappa shape index (κ1) is 16.1. The van der Waals surface area contributed by atoms with Crippen molar-refractivity contribution in [2.75, 3.05) is 13.3 Å². The molecule has 2 aromatic carbocycles. The van der Waals surface area contributed by atoms with Gasteiger partial charge in [-0.1, -0.05) is 17.7 Å². The molecule has 1 aliphatic rings. The zero-order valence-corrected chi connectivity index (χ0v) is 13.2. The minimum Gasteiger partial charge on any atom is -0.454 e. The summed E-state index contributed by atoms with van der Waals surface area (Å²) in [5, 5.41) is 13.5. The van der Waals surface area contributed by atoms with Crippen LogP contribution in [0.3, 0.4) is 0 Å². The molecule has 2 aromatic rings. The zero-order valence-electron chi connectivity index (χ0n) is 12.5. The molecule has 1 N–H and O–H groups in total. The highest BCUT2D eigenvalue weighted by molar-refractivity contribution is 6.34. The van der Waals surface area contributed by atoms with Crippen LogP contribution in [0.5, 0.6) is 11.5 Å². The molecule has 7 nitrogen and oxygen atoms in total. The molecule has 0 saturated carbocycles. The van der Waals surface area contributed by atoms with Gasteiger partial charge in [-0.15, -0.1) is 0 Å². The van der Waals surface area contributed by atoms with Crippen LogP contribution in [0.2, 0.25) is 5.02 Å². The number of fused-ring (bicyclic) bond motifs is 1. The number of amides is 1. The van der Waals surface area contributed by atoms with E-state index in [0.717, 1.165) is 11.6 Å². The fourth-order valence-electron chi connectivity index (χ4n) is 2.31. The Morgan fingerprint density at radius 2 is 2.00 bits per heavy atom. The number of rotatable bonds is 5. The number of nitrogens with one attached hydrogen (secondary N) is 1. The molecule has 0 fully saturated rings. The Hall–Kier alpha value is -2.80. The fourth-order valence-corrected chi connectivity index (χ4v) is 2.57. The van der Waals surface area contributed by atoms with Gasteiger partial charge in [-0.2, -0.15) is 0 Å². The maximum Gasteiger partial charge on any atom is 0.270 e. The molecule has 0 radical (unpaired) electrons. The minimum absolute atomic E-state index is 0.0461. The lowest BCUT2D eigenvalue weighted by Crippen LogP contribution is -2.26. The number of hydrogen-bond acceptors (Lipinski definition) is 5. The Bertz CT molecular complexity index is 809. The summed E-state index contributed by atoms with van der Waals surface area (Å²) >= 11 is 5.93. The lowest BCUT2D eigenvalue weighted by Gasteiger charge is -2.07. The van der Waals surface area contributed by atoms with Crippen molar-refractivity contribution in [1.82, 2.24) is 5.32 Å². The van der Waals surface area contributed by atoms with Crippen molar-refractivity contribution < 1.29 is 19.2 Å². The summed E-state index contributed by atoms with van der Waals surface area (Å²) in [7, 11) is 0. The van der Waals surface area contributed by atoms with E-state index in [4.69, 9.17) is 21.1 Å². The van der Waals surface area contributed by atoms with Crippen LogP contribution in [-0.4, -0.2) is 24.2 Å². The van der Waals surface area contributed by atoms with Gasteiger partial charge in [-0.05, 0) is 30.2 Å². The van der Waals surface area contributed by atoms with E-state index in [0.29, 0.717) is 24.5 Å². The second kappa shape index (κ2) is 6.76. The summed E-state index contributed by atoms with van der Waals surface area (Å²) in [4.78, 5) is 22.2. The number of hydrogen-bond donors (Lipinski definition) is 1. The van der Waals surface area contributed by atoms with Crippen LogP contribution < -0.4 is 14.8 Å². The quantitative estimate of drug-likeness (QED) is 0.662. The van der Waals surface area contributed by atoms with Gasteiger partial charge in [0, 0.05) is 18.7 Å². The van der Waals surface area contributed by atoms with Gasteiger partial charge in [0.05, 0.1) is 15.5 Å². The summed E-state index contributed by atoms with van der Waals surface area (Å²) < 4.78 is 10.5. The highest BCUT2D eigenvalue weighted by atomic mass is 35.5. The highest BCUT2D eigenvalue weighted by Gasteiger charge is 2.15. The summed E-state index contributed by atoms with van der Waals surface area (Å²) in [5.74, 6) is 1.02. The lowest BCUT2D eigenvalue weighted by molar-refractivity contribution is -0.384. The minimum atomic E-state index is -0.562. The molecule has 0 spiro atoms. The predicted octanol–water partition coefficient (Wildman–Crippen LogP) is 2.95. The van der Waals surface area contributed by atoms with E-state index in [1.165, 1.54) is 12.1 Å². The maximum atomic E-state index is 12.1. The highest BCUT2D eigenvalue weighted by Crippen LogP contribution is 2.32. The molecule has 1 amide bonds. The topological polar surface area (TPSA) is 90.7 Å². The van der Waals surface area contributed by atoms with Crippen molar-refractivity contribution in [3.05, 3.63) is 62.7 Å². The number of carbonyl (C=O) groups is 1. The molecule has 24 heavy (non-hydrogen) atoms. The third-order valence-electron chi connectivity index (χ3n) is 3.54. The third kappa shape index (κ3) is 3.41. The number of nitro groups is 1. The number of carbonyl (C=O) groups excluding carboxylic acids is 1. The monoisotopic (exact) mass is 348 g/mol. The summed E-state index contributed by atoms with van der Waals surface area (Å²) in [6.45, 7) is 0.611. The number of nitro benzene ring substituents is 1. The fraction of sp³-hybridized carbons (Fsp3) is 0.188. The Kier molecular flexibility index (Phi) is 4.52. The van der Waals surface area contributed by atoms with E-state index < -0.39 is 4.92 Å². The van der Waals surface area contributed by atoms with E-state index in [2.05, 4.69) is 5.32 Å². The first-order valence-corrected chi connectivity index (χ1v) is 7.53. The molecule has 3 rings (SSSR count). The normalized spacial score (nSPS) is 12.0. The Morgan fingerprint density at radius 3 is 2.75 bits per heavy atom. The Balaban J connectivity index is 1.59. The number of non-ortho nitro benzene ring substituents is 1.